The highest BCUT2D eigenvalue weighted by atomic mass is 35.5. The van der Waals surface area contributed by atoms with E-state index in [1.807, 2.05) is 12.2 Å². The standard InChI is InChI=1S/C10H14ClNO/c11-10-3-1-2-6-12(10)9-4-7-13-8-5-9/h1-3,9H,4-8H2. The van der Waals surface area contributed by atoms with Gasteiger partial charge in [-0.1, -0.05) is 23.8 Å². The first-order chi connectivity index (χ1) is 6.38. The zero-order valence-corrected chi connectivity index (χ0v) is 8.33. The quantitative estimate of drug-likeness (QED) is 0.600. The molecule has 0 atom stereocenters. The Bertz CT molecular complexity index is 231. The van der Waals surface area contributed by atoms with Crippen LogP contribution in [-0.2, 0) is 4.74 Å². The Balaban J connectivity index is 1.99. The number of nitrogens with zero attached hydrogens (tertiary/aromatic N) is 1. The van der Waals surface area contributed by atoms with Gasteiger partial charge >= 0.3 is 0 Å². The van der Waals surface area contributed by atoms with Crippen LogP contribution < -0.4 is 0 Å². The van der Waals surface area contributed by atoms with Crippen molar-refractivity contribution in [1.29, 1.82) is 0 Å². The Labute approximate surface area is 83.8 Å². The monoisotopic (exact) mass is 199 g/mol. The van der Waals surface area contributed by atoms with Crippen LogP contribution in [0.25, 0.3) is 0 Å². The molecule has 3 heteroatoms. The van der Waals surface area contributed by atoms with Crippen molar-refractivity contribution in [2.45, 2.75) is 18.9 Å². The molecule has 72 valence electrons. The minimum absolute atomic E-state index is 0.572. The highest BCUT2D eigenvalue weighted by Crippen LogP contribution is 2.23. The lowest BCUT2D eigenvalue weighted by molar-refractivity contribution is 0.0507. The molecule has 0 aliphatic carbocycles. The van der Waals surface area contributed by atoms with E-state index in [0.29, 0.717) is 6.04 Å². The fraction of sp³-hybridized carbons (Fsp3) is 0.600. The smallest absolute Gasteiger partial charge is 0.105 e. The van der Waals surface area contributed by atoms with E-state index in [-0.39, 0.29) is 0 Å². The molecule has 1 saturated heterocycles. The topological polar surface area (TPSA) is 12.5 Å². The Morgan fingerprint density at radius 1 is 1.38 bits per heavy atom. The van der Waals surface area contributed by atoms with E-state index >= 15 is 0 Å². The molecule has 2 nitrogen and oxygen atoms in total. The van der Waals surface area contributed by atoms with E-state index in [1.54, 1.807) is 0 Å². The average molecular weight is 200 g/mol. The van der Waals surface area contributed by atoms with Gasteiger partial charge in [-0.2, -0.15) is 0 Å². The summed E-state index contributed by atoms with van der Waals surface area (Å²) in [6.45, 7) is 2.68. The lowest BCUT2D eigenvalue weighted by Gasteiger charge is -2.35. The molecule has 0 unspecified atom stereocenters. The zero-order chi connectivity index (χ0) is 9.10. The second kappa shape index (κ2) is 4.16. The van der Waals surface area contributed by atoms with Crippen molar-refractivity contribution in [3.05, 3.63) is 23.4 Å². The maximum absolute atomic E-state index is 6.11. The van der Waals surface area contributed by atoms with E-state index in [4.69, 9.17) is 16.3 Å². The molecule has 1 fully saturated rings. The van der Waals surface area contributed by atoms with E-state index in [0.717, 1.165) is 37.8 Å². The van der Waals surface area contributed by atoms with Gasteiger partial charge in [0, 0.05) is 25.8 Å². The van der Waals surface area contributed by atoms with Gasteiger partial charge in [0.1, 0.15) is 5.16 Å². The van der Waals surface area contributed by atoms with Crippen molar-refractivity contribution >= 4 is 11.6 Å². The van der Waals surface area contributed by atoms with Gasteiger partial charge in [0.15, 0.2) is 0 Å². The van der Waals surface area contributed by atoms with Crippen LogP contribution in [0.2, 0.25) is 0 Å². The predicted molar refractivity (Wildman–Crippen MR) is 53.6 cm³/mol. The number of hydrogen-bond donors (Lipinski definition) is 0. The Kier molecular flexibility index (Phi) is 2.91. The maximum atomic E-state index is 6.11. The van der Waals surface area contributed by atoms with Gasteiger partial charge in [-0.15, -0.1) is 0 Å². The molecule has 13 heavy (non-hydrogen) atoms. The van der Waals surface area contributed by atoms with Gasteiger partial charge in [-0.3, -0.25) is 0 Å². The molecule has 2 aliphatic rings. The first-order valence-electron chi connectivity index (χ1n) is 4.74. The fourth-order valence-corrected chi connectivity index (χ4v) is 2.10. The number of hydrogen-bond acceptors (Lipinski definition) is 2. The van der Waals surface area contributed by atoms with Gasteiger partial charge in [-0.25, -0.2) is 0 Å². The average Bonchev–Trinajstić information content (AvgIpc) is 2.20. The maximum Gasteiger partial charge on any atom is 0.105 e. The van der Waals surface area contributed by atoms with Crippen LogP contribution in [0.5, 0.6) is 0 Å². The normalized spacial score (nSPS) is 24.7. The summed E-state index contributed by atoms with van der Waals surface area (Å²) in [6, 6.07) is 0.572. The van der Waals surface area contributed by atoms with Crippen LogP contribution in [0.1, 0.15) is 12.8 Å². The Morgan fingerprint density at radius 2 is 2.15 bits per heavy atom. The van der Waals surface area contributed by atoms with Gasteiger partial charge in [0.05, 0.1) is 0 Å². The van der Waals surface area contributed by atoms with Crippen LogP contribution in [0, 0.1) is 0 Å². The summed E-state index contributed by atoms with van der Waals surface area (Å²) in [5, 5.41) is 0.870. The summed E-state index contributed by atoms with van der Waals surface area (Å²) in [6.07, 6.45) is 8.30. The number of allylic oxidation sites excluding steroid dienone is 2. The molecule has 0 amide bonds. The molecule has 0 radical (unpaired) electrons. The SMILES string of the molecule is ClC1=CC=CCN1C1CCOCC1. The molecule has 0 aromatic carbocycles. The van der Waals surface area contributed by atoms with Crippen molar-refractivity contribution in [3.8, 4) is 0 Å². The third kappa shape index (κ3) is 2.06. The summed E-state index contributed by atoms with van der Waals surface area (Å²) in [4.78, 5) is 2.25. The highest BCUT2D eigenvalue weighted by Gasteiger charge is 2.22. The number of ether oxygens (including phenoxy) is 1. The molecule has 2 aliphatic heterocycles. The lowest BCUT2D eigenvalue weighted by Crippen LogP contribution is -2.38. The molecule has 0 aromatic rings. The van der Waals surface area contributed by atoms with Gasteiger partial charge < -0.3 is 9.64 Å². The summed E-state index contributed by atoms with van der Waals surface area (Å²) in [7, 11) is 0. The first-order valence-corrected chi connectivity index (χ1v) is 5.12. The largest absolute Gasteiger partial charge is 0.381 e. The first kappa shape index (κ1) is 9.10. The van der Waals surface area contributed by atoms with Crippen molar-refractivity contribution in [3.63, 3.8) is 0 Å². The molecular formula is C10H14ClNO. The van der Waals surface area contributed by atoms with Crippen molar-refractivity contribution in [2.24, 2.45) is 0 Å². The van der Waals surface area contributed by atoms with E-state index in [9.17, 15) is 0 Å². The summed E-state index contributed by atoms with van der Waals surface area (Å²) >= 11 is 6.11. The summed E-state index contributed by atoms with van der Waals surface area (Å²) in [5.41, 5.74) is 0. The van der Waals surface area contributed by atoms with E-state index in [1.165, 1.54) is 0 Å². The molecule has 2 rings (SSSR count). The molecule has 0 bridgehead atoms. The van der Waals surface area contributed by atoms with Crippen LogP contribution in [-0.4, -0.2) is 30.7 Å². The Hall–Kier alpha value is -0.470. The third-order valence-corrected chi connectivity index (χ3v) is 2.92. The van der Waals surface area contributed by atoms with E-state index < -0.39 is 0 Å². The summed E-state index contributed by atoms with van der Waals surface area (Å²) < 4.78 is 5.32. The lowest BCUT2D eigenvalue weighted by atomic mass is 10.1. The predicted octanol–water partition coefficient (Wildman–Crippen LogP) is 2.12. The number of rotatable bonds is 1. The molecule has 2 heterocycles. The minimum atomic E-state index is 0.572. The van der Waals surface area contributed by atoms with Crippen molar-refractivity contribution in [1.82, 2.24) is 4.90 Å². The molecule has 0 saturated carbocycles. The van der Waals surface area contributed by atoms with Crippen LogP contribution in [0.4, 0.5) is 0 Å². The van der Waals surface area contributed by atoms with Crippen LogP contribution >= 0.6 is 11.6 Å². The van der Waals surface area contributed by atoms with Crippen LogP contribution in [0.15, 0.2) is 23.4 Å². The number of halogens is 1. The van der Waals surface area contributed by atoms with E-state index in [2.05, 4.69) is 11.0 Å². The molecule has 0 spiro atoms. The van der Waals surface area contributed by atoms with Gasteiger partial charge in [0.2, 0.25) is 0 Å². The second-order valence-electron chi connectivity index (χ2n) is 3.41. The fourth-order valence-electron chi connectivity index (χ4n) is 1.83. The minimum Gasteiger partial charge on any atom is -0.381 e. The van der Waals surface area contributed by atoms with Gasteiger partial charge in [-0.05, 0) is 18.9 Å². The Morgan fingerprint density at radius 3 is 2.85 bits per heavy atom. The van der Waals surface area contributed by atoms with Crippen molar-refractivity contribution < 1.29 is 4.74 Å². The van der Waals surface area contributed by atoms with Gasteiger partial charge in [0.25, 0.3) is 0 Å². The molecular weight excluding hydrogens is 186 g/mol. The summed E-state index contributed by atoms with van der Waals surface area (Å²) in [5.74, 6) is 0. The highest BCUT2D eigenvalue weighted by molar-refractivity contribution is 6.29. The second-order valence-corrected chi connectivity index (χ2v) is 3.80. The van der Waals surface area contributed by atoms with Crippen LogP contribution in [0.3, 0.4) is 0 Å². The molecule has 0 N–H and O–H groups in total. The zero-order valence-electron chi connectivity index (χ0n) is 7.58. The third-order valence-electron chi connectivity index (χ3n) is 2.58. The van der Waals surface area contributed by atoms with Crippen molar-refractivity contribution in [2.75, 3.05) is 19.8 Å². The molecule has 0 aromatic heterocycles.